The molecule has 0 bridgehead atoms. The number of rotatable bonds is 1. The molecule has 20 heavy (non-hydrogen) atoms. The van der Waals surface area contributed by atoms with Crippen molar-refractivity contribution < 1.29 is 9.18 Å². The van der Waals surface area contributed by atoms with Crippen molar-refractivity contribution >= 4 is 46.1 Å². The van der Waals surface area contributed by atoms with Gasteiger partial charge in [0.1, 0.15) is 12.4 Å². The number of anilines is 2. The van der Waals surface area contributed by atoms with Crippen molar-refractivity contribution in [2.24, 2.45) is 4.99 Å². The summed E-state index contributed by atoms with van der Waals surface area (Å²) in [5, 5.41) is 0. The smallest absolute Gasteiger partial charge is 0.253 e. The number of hydrogen-bond donors (Lipinski definition) is 0. The Bertz CT molecular complexity index is 715. The molecule has 0 aliphatic carbocycles. The van der Waals surface area contributed by atoms with Gasteiger partial charge >= 0.3 is 0 Å². The van der Waals surface area contributed by atoms with Crippen molar-refractivity contribution in [3.8, 4) is 0 Å². The second kappa shape index (κ2) is 5.32. The predicted molar refractivity (Wildman–Crippen MR) is 85.2 cm³/mol. The van der Waals surface area contributed by atoms with Crippen molar-refractivity contribution in [3.63, 3.8) is 0 Å². The standard InChI is InChI=1S/C15H10FIN2O/c16-12-3-1-2-4-14(12)19-13-6-5-11(17)7-10(13)8-18-9-15(19)20/h1-8H,9H2. The Morgan fingerprint density at radius 2 is 1.95 bits per heavy atom. The van der Waals surface area contributed by atoms with Gasteiger partial charge < -0.3 is 0 Å². The molecule has 0 aromatic heterocycles. The van der Waals surface area contributed by atoms with Crippen LogP contribution >= 0.6 is 22.6 Å². The average Bonchev–Trinajstić information content (AvgIpc) is 2.58. The topological polar surface area (TPSA) is 32.7 Å². The Kier molecular flexibility index (Phi) is 3.52. The van der Waals surface area contributed by atoms with Gasteiger partial charge in [-0.3, -0.25) is 14.7 Å². The number of benzodiazepines with no additional fused rings is 1. The first-order valence-electron chi connectivity index (χ1n) is 6.03. The number of hydrogen-bond acceptors (Lipinski definition) is 2. The number of carbonyl (C=O) groups excluding carboxylic acids is 1. The van der Waals surface area contributed by atoms with E-state index in [0.29, 0.717) is 5.69 Å². The molecule has 3 nitrogen and oxygen atoms in total. The fourth-order valence-electron chi connectivity index (χ4n) is 2.16. The van der Waals surface area contributed by atoms with Crippen LogP contribution in [0.2, 0.25) is 0 Å². The van der Waals surface area contributed by atoms with E-state index in [-0.39, 0.29) is 18.1 Å². The van der Waals surface area contributed by atoms with Gasteiger partial charge in [-0.15, -0.1) is 0 Å². The number of amides is 1. The van der Waals surface area contributed by atoms with Gasteiger partial charge in [0.25, 0.3) is 5.91 Å². The van der Waals surface area contributed by atoms with E-state index in [1.54, 1.807) is 24.4 Å². The molecule has 1 amide bonds. The number of aliphatic imine (C=N–C) groups is 1. The van der Waals surface area contributed by atoms with Crippen LogP contribution in [0.3, 0.4) is 0 Å². The van der Waals surface area contributed by atoms with Gasteiger partial charge in [0.05, 0.1) is 11.4 Å². The second-order valence-corrected chi connectivity index (χ2v) is 5.60. The zero-order valence-corrected chi connectivity index (χ0v) is 12.5. The molecule has 0 saturated carbocycles. The molecule has 100 valence electrons. The number of halogens is 2. The number of para-hydroxylation sites is 1. The highest BCUT2D eigenvalue weighted by molar-refractivity contribution is 14.1. The van der Waals surface area contributed by atoms with Crippen molar-refractivity contribution in [2.45, 2.75) is 0 Å². The SMILES string of the molecule is O=C1CN=Cc2cc(I)ccc2N1c1ccccc1F. The van der Waals surface area contributed by atoms with Crippen LogP contribution in [0.25, 0.3) is 0 Å². The summed E-state index contributed by atoms with van der Waals surface area (Å²) in [7, 11) is 0. The molecule has 0 N–H and O–H groups in total. The van der Waals surface area contributed by atoms with Crippen molar-refractivity contribution in [1.82, 2.24) is 0 Å². The predicted octanol–water partition coefficient (Wildman–Crippen LogP) is 3.53. The number of fused-ring (bicyclic) bond motifs is 1. The molecule has 5 heteroatoms. The highest BCUT2D eigenvalue weighted by Gasteiger charge is 2.24. The van der Waals surface area contributed by atoms with Crippen LogP contribution in [-0.4, -0.2) is 18.7 Å². The Balaban J connectivity index is 2.21. The van der Waals surface area contributed by atoms with Crippen molar-refractivity contribution in [2.75, 3.05) is 11.4 Å². The first kappa shape index (κ1) is 13.2. The highest BCUT2D eigenvalue weighted by atomic mass is 127. The van der Waals surface area contributed by atoms with E-state index in [9.17, 15) is 9.18 Å². The fourth-order valence-corrected chi connectivity index (χ4v) is 2.67. The summed E-state index contributed by atoms with van der Waals surface area (Å²) >= 11 is 2.19. The molecule has 0 spiro atoms. The molecule has 0 saturated heterocycles. The number of nitrogens with zero attached hydrogens (tertiary/aromatic N) is 2. The Morgan fingerprint density at radius 1 is 1.15 bits per heavy atom. The van der Waals surface area contributed by atoms with Gasteiger partial charge in [0.2, 0.25) is 0 Å². The number of carbonyl (C=O) groups is 1. The molecule has 1 aliphatic rings. The second-order valence-electron chi connectivity index (χ2n) is 4.35. The van der Waals surface area contributed by atoms with Crippen molar-refractivity contribution in [3.05, 3.63) is 57.4 Å². The van der Waals surface area contributed by atoms with E-state index in [2.05, 4.69) is 27.6 Å². The first-order valence-corrected chi connectivity index (χ1v) is 7.11. The number of benzene rings is 2. The maximum absolute atomic E-state index is 14.0. The van der Waals surface area contributed by atoms with Crippen LogP contribution in [0.1, 0.15) is 5.56 Å². The van der Waals surface area contributed by atoms with Gasteiger partial charge in [-0.2, -0.15) is 0 Å². The Labute approximate surface area is 129 Å². The maximum Gasteiger partial charge on any atom is 0.253 e. The third kappa shape index (κ3) is 2.33. The van der Waals surface area contributed by atoms with Gasteiger partial charge in [0, 0.05) is 15.3 Å². The lowest BCUT2D eigenvalue weighted by atomic mass is 10.1. The lowest BCUT2D eigenvalue weighted by Gasteiger charge is -2.23. The Hall–Kier alpha value is -1.76. The molecule has 0 unspecified atom stereocenters. The summed E-state index contributed by atoms with van der Waals surface area (Å²) in [6.45, 7) is 0.0135. The Morgan fingerprint density at radius 3 is 2.75 bits per heavy atom. The minimum atomic E-state index is -0.424. The van der Waals surface area contributed by atoms with Crippen molar-refractivity contribution in [1.29, 1.82) is 0 Å². The highest BCUT2D eigenvalue weighted by Crippen LogP contribution is 2.32. The van der Waals surface area contributed by atoms with E-state index in [1.165, 1.54) is 11.0 Å². The third-order valence-electron chi connectivity index (χ3n) is 3.03. The van der Waals surface area contributed by atoms with Crippen LogP contribution in [0, 0.1) is 9.39 Å². The summed E-state index contributed by atoms with van der Waals surface area (Å²) in [5.41, 5.74) is 1.72. The van der Waals surface area contributed by atoms with Crippen LogP contribution < -0.4 is 4.90 Å². The molecule has 1 aliphatic heterocycles. The average molecular weight is 380 g/mol. The summed E-state index contributed by atoms with van der Waals surface area (Å²) in [5.74, 6) is -0.668. The molecule has 1 heterocycles. The summed E-state index contributed by atoms with van der Waals surface area (Å²) in [6, 6.07) is 11.9. The van der Waals surface area contributed by atoms with Gasteiger partial charge in [0.15, 0.2) is 0 Å². The third-order valence-corrected chi connectivity index (χ3v) is 3.70. The molecule has 0 radical (unpaired) electrons. The molecular weight excluding hydrogens is 370 g/mol. The van der Waals surface area contributed by atoms with E-state index < -0.39 is 5.82 Å². The monoisotopic (exact) mass is 380 g/mol. The van der Waals surface area contributed by atoms with E-state index in [0.717, 1.165) is 9.13 Å². The van der Waals surface area contributed by atoms with Crippen LogP contribution in [0.5, 0.6) is 0 Å². The molecule has 3 rings (SSSR count). The lowest BCUT2D eigenvalue weighted by Crippen LogP contribution is -2.28. The summed E-state index contributed by atoms with van der Waals surface area (Å²) in [4.78, 5) is 17.8. The fraction of sp³-hybridized carbons (Fsp3) is 0.0667. The zero-order valence-electron chi connectivity index (χ0n) is 10.4. The van der Waals surface area contributed by atoms with Gasteiger partial charge in [-0.25, -0.2) is 4.39 Å². The normalized spacial score (nSPS) is 14.1. The molecule has 0 atom stereocenters. The van der Waals surface area contributed by atoms with Gasteiger partial charge in [-0.1, -0.05) is 12.1 Å². The first-order chi connectivity index (χ1) is 9.66. The van der Waals surface area contributed by atoms with E-state index in [4.69, 9.17) is 0 Å². The summed E-state index contributed by atoms with van der Waals surface area (Å²) in [6.07, 6.45) is 1.66. The minimum Gasteiger partial charge on any atom is -0.283 e. The molecule has 0 fully saturated rings. The maximum atomic E-state index is 14.0. The molecule has 2 aromatic rings. The van der Waals surface area contributed by atoms with E-state index in [1.807, 2.05) is 18.2 Å². The quantitative estimate of drug-likeness (QED) is 0.697. The minimum absolute atomic E-state index is 0.0135. The largest absolute Gasteiger partial charge is 0.283 e. The van der Waals surface area contributed by atoms with Crippen LogP contribution in [0.15, 0.2) is 47.5 Å². The van der Waals surface area contributed by atoms with Gasteiger partial charge in [-0.05, 0) is 52.9 Å². The summed E-state index contributed by atoms with van der Waals surface area (Å²) < 4.78 is 15.1. The van der Waals surface area contributed by atoms with Crippen LogP contribution in [-0.2, 0) is 4.79 Å². The molecular formula is C15H10FIN2O. The lowest BCUT2D eigenvalue weighted by molar-refractivity contribution is -0.116. The molecule has 2 aromatic carbocycles. The van der Waals surface area contributed by atoms with E-state index >= 15 is 0 Å². The van der Waals surface area contributed by atoms with Crippen LogP contribution in [0.4, 0.5) is 15.8 Å². The zero-order chi connectivity index (χ0) is 14.1.